The van der Waals surface area contributed by atoms with Gasteiger partial charge < -0.3 is 4.90 Å². The van der Waals surface area contributed by atoms with Gasteiger partial charge in [0.25, 0.3) is 0 Å². The van der Waals surface area contributed by atoms with Gasteiger partial charge in [-0.25, -0.2) is 9.97 Å². The summed E-state index contributed by atoms with van der Waals surface area (Å²) in [4.78, 5) is 23.3. The largest absolute Gasteiger partial charge is 0.339 e. The zero-order chi connectivity index (χ0) is 14.0. The summed E-state index contributed by atoms with van der Waals surface area (Å²) < 4.78 is 0. The Kier molecular flexibility index (Phi) is 3.95. The summed E-state index contributed by atoms with van der Waals surface area (Å²) in [6.45, 7) is 6.25. The lowest BCUT2D eigenvalue weighted by Crippen LogP contribution is -2.20. The van der Waals surface area contributed by atoms with Crippen molar-refractivity contribution in [3.05, 3.63) is 39.3 Å². The molecule has 0 fully saturated rings. The summed E-state index contributed by atoms with van der Waals surface area (Å²) in [6.07, 6.45) is 1.61. The average Bonchev–Trinajstić information content (AvgIpc) is 2.74. The summed E-state index contributed by atoms with van der Waals surface area (Å²) >= 11 is 1.73. The number of aromatic nitrogens is 2. The molecule has 0 aliphatic heterocycles. The second-order valence-electron chi connectivity index (χ2n) is 4.61. The zero-order valence-corrected chi connectivity index (χ0v) is 12.4. The van der Waals surface area contributed by atoms with Gasteiger partial charge in [-0.15, -0.1) is 11.3 Å². The molecule has 0 bridgehead atoms. The van der Waals surface area contributed by atoms with Crippen LogP contribution in [-0.2, 0) is 6.54 Å². The molecule has 2 aromatic rings. The van der Waals surface area contributed by atoms with Crippen LogP contribution in [0.1, 0.15) is 33.4 Å². The first-order valence-corrected chi connectivity index (χ1v) is 6.95. The fourth-order valence-corrected chi connectivity index (χ4v) is 2.80. The fourth-order valence-electron chi connectivity index (χ4n) is 1.84. The molecule has 0 amide bonds. The van der Waals surface area contributed by atoms with Crippen LogP contribution in [0.5, 0.6) is 0 Å². The van der Waals surface area contributed by atoms with Crippen LogP contribution in [0.15, 0.2) is 17.6 Å². The number of ketones is 1. The minimum absolute atomic E-state index is 0.000745. The average molecular weight is 275 g/mol. The predicted molar refractivity (Wildman–Crippen MR) is 77.9 cm³/mol. The lowest BCUT2D eigenvalue weighted by molar-refractivity contribution is 0.101. The van der Waals surface area contributed by atoms with Crippen molar-refractivity contribution in [2.24, 2.45) is 0 Å². The van der Waals surface area contributed by atoms with Crippen molar-refractivity contribution in [2.75, 3.05) is 11.9 Å². The molecular weight excluding hydrogens is 258 g/mol. The van der Waals surface area contributed by atoms with E-state index in [0.717, 1.165) is 12.2 Å². The number of carbonyl (C=O) groups excluding carboxylic acids is 1. The van der Waals surface area contributed by atoms with E-state index in [1.165, 1.54) is 17.4 Å². The number of rotatable bonds is 4. The van der Waals surface area contributed by atoms with E-state index < -0.39 is 0 Å². The molecular formula is C14H17N3OS. The Balaban J connectivity index is 2.20. The Morgan fingerprint density at radius 2 is 2.16 bits per heavy atom. The molecule has 2 aromatic heterocycles. The first kappa shape index (κ1) is 13.7. The molecule has 100 valence electrons. The van der Waals surface area contributed by atoms with Crippen LogP contribution in [0.25, 0.3) is 0 Å². The van der Waals surface area contributed by atoms with Gasteiger partial charge in [-0.3, -0.25) is 4.79 Å². The second kappa shape index (κ2) is 5.48. The van der Waals surface area contributed by atoms with Gasteiger partial charge in [-0.05, 0) is 37.8 Å². The lowest BCUT2D eigenvalue weighted by atomic mass is 10.2. The Labute approximate surface area is 117 Å². The van der Waals surface area contributed by atoms with Crippen molar-refractivity contribution in [3.63, 3.8) is 0 Å². The van der Waals surface area contributed by atoms with Gasteiger partial charge in [-0.2, -0.15) is 0 Å². The van der Waals surface area contributed by atoms with Crippen LogP contribution in [0, 0.1) is 13.8 Å². The van der Waals surface area contributed by atoms with E-state index in [0.29, 0.717) is 11.5 Å². The zero-order valence-electron chi connectivity index (χ0n) is 11.6. The highest BCUT2D eigenvalue weighted by Gasteiger charge is 2.11. The fraction of sp³-hybridized carbons (Fsp3) is 0.357. The molecule has 5 heteroatoms. The highest BCUT2D eigenvalue weighted by molar-refractivity contribution is 7.10. The maximum absolute atomic E-state index is 11.4. The Morgan fingerprint density at radius 1 is 1.42 bits per heavy atom. The minimum atomic E-state index is 0.000745. The van der Waals surface area contributed by atoms with Gasteiger partial charge in [0.2, 0.25) is 5.95 Å². The van der Waals surface area contributed by atoms with Gasteiger partial charge in [0, 0.05) is 18.1 Å². The topological polar surface area (TPSA) is 46.1 Å². The van der Waals surface area contributed by atoms with Crippen LogP contribution in [-0.4, -0.2) is 22.8 Å². The van der Waals surface area contributed by atoms with Gasteiger partial charge in [0.15, 0.2) is 5.78 Å². The van der Waals surface area contributed by atoms with Crippen molar-refractivity contribution in [3.8, 4) is 0 Å². The molecule has 0 saturated carbocycles. The molecule has 0 saturated heterocycles. The monoisotopic (exact) mass is 275 g/mol. The van der Waals surface area contributed by atoms with E-state index in [1.807, 2.05) is 18.9 Å². The van der Waals surface area contributed by atoms with Crippen LogP contribution < -0.4 is 4.90 Å². The first-order chi connectivity index (χ1) is 8.99. The smallest absolute Gasteiger partial charge is 0.225 e. The molecule has 0 aliphatic rings. The molecule has 19 heavy (non-hydrogen) atoms. The van der Waals surface area contributed by atoms with Crippen LogP contribution in [0.4, 0.5) is 5.95 Å². The second-order valence-corrected chi connectivity index (χ2v) is 5.61. The first-order valence-electron chi connectivity index (χ1n) is 6.07. The third kappa shape index (κ3) is 2.98. The van der Waals surface area contributed by atoms with Crippen LogP contribution in [0.2, 0.25) is 0 Å². The molecule has 0 radical (unpaired) electrons. The molecule has 2 rings (SSSR count). The molecule has 0 aliphatic carbocycles. The lowest BCUT2D eigenvalue weighted by Gasteiger charge is -2.17. The number of Topliss-reactive ketones (excluding diaryl/α,β-unsaturated/α-hetero) is 1. The number of hydrogen-bond donors (Lipinski definition) is 0. The molecule has 0 aromatic carbocycles. The number of nitrogens with zero attached hydrogens (tertiary/aromatic N) is 3. The van der Waals surface area contributed by atoms with Gasteiger partial charge in [0.05, 0.1) is 17.8 Å². The van der Waals surface area contributed by atoms with Gasteiger partial charge in [-0.1, -0.05) is 0 Å². The van der Waals surface area contributed by atoms with E-state index in [-0.39, 0.29) is 5.78 Å². The summed E-state index contributed by atoms with van der Waals surface area (Å²) in [6, 6.07) is 2.11. The summed E-state index contributed by atoms with van der Waals surface area (Å²) in [5.74, 6) is 0.649. The maximum atomic E-state index is 11.4. The van der Waals surface area contributed by atoms with Crippen molar-refractivity contribution < 1.29 is 4.79 Å². The number of hydrogen-bond acceptors (Lipinski definition) is 5. The van der Waals surface area contributed by atoms with E-state index in [9.17, 15) is 4.79 Å². The van der Waals surface area contributed by atoms with E-state index in [1.54, 1.807) is 17.5 Å². The number of aryl methyl sites for hydroxylation is 2. The summed E-state index contributed by atoms with van der Waals surface area (Å²) in [7, 11) is 1.96. The van der Waals surface area contributed by atoms with Crippen LogP contribution >= 0.6 is 11.3 Å². The summed E-state index contributed by atoms with van der Waals surface area (Å²) in [5.41, 5.74) is 2.60. The minimum Gasteiger partial charge on any atom is -0.339 e. The van der Waals surface area contributed by atoms with Crippen LogP contribution in [0.3, 0.4) is 0 Å². The third-order valence-corrected chi connectivity index (χ3v) is 4.04. The van der Waals surface area contributed by atoms with E-state index in [2.05, 4.69) is 28.3 Å². The highest BCUT2D eigenvalue weighted by Crippen LogP contribution is 2.19. The molecule has 0 unspecified atom stereocenters. The molecule has 0 N–H and O–H groups in total. The SMILES string of the molecule is CC(=O)c1cnc(N(C)Cc2sccc2C)nc1C. The van der Waals surface area contributed by atoms with Crippen molar-refractivity contribution >= 4 is 23.1 Å². The van der Waals surface area contributed by atoms with Crippen molar-refractivity contribution in [1.82, 2.24) is 9.97 Å². The van der Waals surface area contributed by atoms with E-state index in [4.69, 9.17) is 0 Å². The van der Waals surface area contributed by atoms with Crippen molar-refractivity contribution in [1.29, 1.82) is 0 Å². The maximum Gasteiger partial charge on any atom is 0.225 e. The van der Waals surface area contributed by atoms with Crippen molar-refractivity contribution in [2.45, 2.75) is 27.3 Å². The Hall–Kier alpha value is -1.75. The predicted octanol–water partition coefficient (Wildman–Crippen LogP) is 2.99. The van der Waals surface area contributed by atoms with Gasteiger partial charge in [0.1, 0.15) is 0 Å². The quantitative estimate of drug-likeness (QED) is 0.805. The number of anilines is 1. The standard InChI is InChI=1S/C14H17N3OS/c1-9-5-6-19-13(9)8-17(4)14-15-7-12(11(3)18)10(2)16-14/h5-7H,8H2,1-4H3. The molecule has 0 atom stereocenters. The number of thiophene rings is 1. The molecule has 4 nitrogen and oxygen atoms in total. The Bertz CT molecular complexity index is 606. The highest BCUT2D eigenvalue weighted by atomic mass is 32.1. The third-order valence-electron chi connectivity index (χ3n) is 3.04. The number of carbonyl (C=O) groups is 1. The van der Waals surface area contributed by atoms with E-state index >= 15 is 0 Å². The summed E-state index contributed by atoms with van der Waals surface area (Å²) in [5, 5.41) is 2.09. The van der Waals surface area contributed by atoms with Gasteiger partial charge >= 0.3 is 0 Å². The molecule has 2 heterocycles. The Morgan fingerprint density at radius 3 is 2.68 bits per heavy atom. The normalized spacial score (nSPS) is 10.5. The molecule has 0 spiro atoms.